The molecule has 0 radical (unpaired) electrons. The second kappa shape index (κ2) is 9.20. The van der Waals surface area contributed by atoms with Crippen molar-refractivity contribution in [1.82, 2.24) is 10.2 Å². The van der Waals surface area contributed by atoms with Crippen molar-refractivity contribution in [1.29, 1.82) is 0 Å². The van der Waals surface area contributed by atoms with Crippen LogP contribution in [0.4, 0.5) is 13.2 Å². The van der Waals surface area contributed by atoms with E-state index < -0.39 is 11.7 Å². The number of thiophene rings is 1. The first-order valence-electron chi connectivity index (χ1n) is 9.95. The molecule has 0 saturated heterocycles. The lowest BCUT2D eigenvalue weighted by Crippen LogP contribution is -2.42. The van der Waals surface area contributed by atoms with E-state index in [1.54, 1.807) is 11.3 Å². The number of carbonyl (C=O) groups is 2. The summed E-state index contributed by atoms with van der Waals surface area (Å²) in [6.45, 7) is 4.80. The summed E-state index contributed by atoms with van der Waals surface area (Å²) in [5, 5.41) is 4.66. The highest BCUT2D eigenvalue weighted by Gasteiger charge is 2.33. The lowest BCUT2D eigenvalue weighted by molar-refractivity contribution is -0.138. The molecule has 0 aliphatic carbocycles. The van der Waals surface area contributed by atoms with Gasteiger partial charge in [0.1, 0.15) is 0 Å². The Balaban J connectivity index is 1.53. The smallest absolute Gasteiger partial charge is 0.352 e. The Morgan fingerprint density at radius 1 is 1.23 bits per heavy atom. The Morgan fingerprint density at radius 2 is 2.00 bits per heavy atom. The van der Waals surface area contributed by atoms with Gasteiger partial charge >= 0.3 is 6.18 Å². The van der Waals surface area contributed by atoms with Gasteiger partial charge in [0, 0.05) is 30.8 Å². The Hall–Kier alpha value is -2.35. The number of hydrogen-bond acceptors (Lipinski definition) is 3. The number of rotatable bonds is 6. The van der Waals surface area contributed by atoms with E-state index >= 15 is 0 Å². The highest BCUT2D eigenvalue weighted by atomic mass is 32.1. The maximum Gasteiger partial charge on any atom is 0.416 e. The first-order valence-corrected chi connectivity index (χ1v) is 10.8. The van der Waals surface area contributed by atoms with Crippen LogP contribution < -0.4 is 5.32 Å². The third kappa shape index (κ3) is 5.22. The summed E-state index contributed by atoms with van der Waals surface area (Å²) >= 11 is 1.71. The second-order valence-electron chi connectivity index (χ2n) is 7.80. The second-order valence-corrected chi connectivity index (χ2v) is 8.80. The summed E-state index contributed by atoms with van der Waals surface area (Å²) in [5.41, 5.74) is 0.816. The van der Waals surface area contributed by atoms with Crippen LogP contribution in [0, 0.1) is 5.92 Å². The average molecular weight is 439 g/mol. The molecular formula is C22H25F3N2O2S. The van der Waals surface area contributed by atoms with Crippen LogP contribution in [-0.4, -0.2) is 23.3 Å². The molecule has 1 aromatic heterocycles. The van der Waals surface area contributed by atoms with Gasteiger partial charge in [-0.3, -0.25) is 9.59 Å². The fourth-order valence-corrected chi connectivity index (χ4v) is 4.77. The molecule has 0 bridgehead atoms. The largest absolute Gasteiger partial charge is 0.416 e. The molecule has 2 amide bonds. The SMILES string of the molecule is CC(C)C1c2ccsc2CCN1C(=O)CCC(=O)NCc1cccc(C(F)(F)F)c1. The molecule has 1 unspecified atom stereocenters. The van der Waals surface area contributed by atoms with Crippen molar-refractivity contribution in [3.8, 4) is 0 Å². The van der Waals surface area contributed by atoms with Crippen molar-refractivity contribution in [2.75, 3.05) is 6.54 Å². The zero-order chi connectivity index (χ0) is 21.9. The lowest BCUT2D eigenvalue weighted by Gasteiger charge is -2.38. The Bertz CT molecular complexity index is 908. The number of nitrogens with zero attached hydrogens (tertiary/aromatic N) is 1. The number of nitrogens with one attached hydrogen (secondary N) is 1. The minimum Gasteiger partial charge on any atom is -0.352 e. The Morgan fingerprint density at radius 3 is 2.70 bits per heavy atom. The fourth-order valence-electron chi connectivity index (χ4n) is 3.86. The van der Waals surface area contributed by atoms with Gasteiger partial charge in [-0.1, -0.05) is 26.0 Å². The van der Waals surface area contributed by atoms with Gasteiger partial charge in [0.05, 0.1) is 11.6 Å². The fraction of sp³-hybridized carbons (Fsp3) is 0.455. The maximum absolute atomic E-state index is 12.8. The minimum absolute atomic E-state index is 0.00641. The molecule has 3 rings (SSSR count). The standard InChI is InChI=1S/C22H25F3N2O2S/c1-14(2)21-17-9-11-30-18(17)8-10-27(21)20(29)7-6-19(28)26-13-15-4-3-5-16(12-15)22(23,24)25/h3-5,9,11-12,14,21H,6-8,10,13H2,1-2H3,(H,26,28). The highest BCUT2D eigenvalue weighted by Crippen LogP contribution is 2.38. The maximum atomic E-state index is 12.8. The molecule has 1 atom stereocenters. The zero-order valence-corrected chi connectivity index (χ0v) is 17.8. The molecule has 0 saturated carbocycles. The van der Waals surface area contributed by atoms with Crippen LogP contribution in [0.3, 0.4) is 0 Å². The Labute approximate surface area is 178 Å². The normalized spacial score (nSPS) is 16.5. The quantitative estimate of drug-likeness (QED) is 0.694. The molecule has 1 aliphatic rings. The van der Waals surface area contributed by atoms with Crippen LogP contribution in [0.2, 0.25) is 0 Å². The predicted octanol–water partition coefficient (Wildman–Crippen LogP) is 4.95. The molecule has 4 nitrogen and oxygen atoms in total. The predicted molar refractivity (Wildman–Crippen MR) is 110 cm³/mol. The van der Waals surface area contributed by atoms with Crippen molar-refractivity contribution in [3.05, 3.63) is 57.3 Å². The van der Waals surface area contributed by atoms with E-state index in [1.807, 2.05) is 4.90 Å². The van der Waals surface area contributed by atoms with Crippen LogP contribution in [0.1, 0.15) is 54.3 Å². The molecule has 2 heterocycles. The number of hydrogen-bond donors (Lipinski definition) is 1. The minimum atomic E-state index is -4.42. The van der Waals surface area contributed by atoms with E-state index in [0.29, 0.717) is 12.1 Å². The first kappa shape index (κ1) is 22.3. The molecule has 1 N–H and O–H groups in total. The summed E-state index contributed by atoms with van der Waals surface area (Å²) in [7, 11) is 0. The van der Waals surface area contributed by atoms with Crippen LogP contribution in [0.15, 0.2) is 35.7 Å². The van der Waals surface area contributed by atoms with Gasteiger partial charge in [0.2, 0.25) is 11.8 Å². The topological polar surface area (TPSA) is 49.4 Å². The van der Waals surface area contributed by atoms with Crippen molar-refractivity contribution in [2.45, 2.75) is 51.9 Å². The highest BCUT2D eigenvalue weighted by molar-refractivity contribution is 7.10. The number of alkyl halides is 3. The number of benzene rings is 1. The van der Waals surface area contributed by atoms with Gasteiger partial charge in [-0.05, 0) is 47.0 Å². The lowest BCUT2D eigenvalue weighted by atomic mass is 9.90. The van der Waals surface area contributed by atoms with Crippen LogP contribution >= 0.6 is 11.3 Å². The van der Waals surface area contributed by atoms with Crippen molar-refractivity contribution >= 4 is 23.2 Å². The molecule has 162 valence electrons. The molecule has 8 heteroatoms. The molecule has 0 fully saturated rings. The van der Waals surface area contributed by atoms with E-state index in [4.69, 9.17) is 0 Å². The van der Waals surface area contributed by atoms with E-state index in [1.165, 1.54) is 22.6 Å². The monoisotopic (exact) mass is 438 g/mol. The van der Waals surface area contributed by atoms with Gasteiger partial charge in [-0.25, -0.2) is 0 Å². The van der Waals surface area contributed by atoms with Crippen molar-refractivity contribution < 1.29 is 22.8 Å². The van der Waals surface area contributed by atoms with Crippen LogP contribution in [0.5, 0.6) is 0 Å². The van der Waals surface area contributed by atoms with Gasteiger partial charge in [-0.2, -0.15) is 13.2 Å². The van der Waals surface area contributed by atoms with Crippen molar-refractivity contribution in [3.63, 3.8) is 0 Å². The number of carbonyl (C=O) groups excluding carboxylic acids is 2. The molecule has 30 heavy (non-hydrogen) atoms. The number of amides is 2. The third-order valence-electron chi connectivity index (χ3n) is 5.28. The van der Waals surface area contributed by atoms with E-state index in [0.717, 1.165) is 18.6 Å². The molecule has 1 aromatic carbocycles. The van der Waals surface area contributed by atoms with Gasteiger partial charge in [0.15, 0.2) is 0 Å². The van der Waals surface area contributed by atoms with Gasteiger partial charge < -0.3 is 10.2 Å². The summed E-state index contributed by atoms with van der Waals surface area (Å²) in [6, 6.07) is 6.94. The average Bonchev–Trinajstić information content (AvgIpc) is 3.17. The summed E-state index contributed by atoms with van der Waals surface area (Å²) in [5.74, 6) is -0.160. The zero-order valence-electron chi connectivity index (χ0n) is 17.0. The number of fused-ring (bicyclic) bond motifs is 1. The molecule has 2 aromatic rings. The Kier molecular flexibility index (Phi) is 6.85. The molecule has 0 spiro atoms. The van der Waals surface area contributed by atoms with Crippen molar-refractivity contribution in [2.24, 2.45) is 5.92 Å². The molecule has 1 aliphatic heterocycles. The summed E-state index contributed by atoms with van der Waals surface area (Å²) in [6.07, 6.45) is -3.51. The third-order valence-corrected chi connectivity index (χ3v) is 6.27. The first-order chi connectivity index (χ1) is 14.2. The van der Waals surface area contributed by atoms with Crippen LogP contribution in [0.25, 0.3) is 0 Å². The summed E-state index contributed by atoms with van der Waals surface area (Å²) < 4.78 is 38.4. The van der Waals surface area contributed by atoms with E-state index in [-0.39, 0.29) is 43.2 Å². The summed E-state index contributed by atoms with van der Waals surface area (Å²) in [4.78, 5) is 28.1. The van der Waals surface area contributed by atoms with Crippen LogP contribution in [-0.2, 0) is 28.7 Å². The number of halogens is 3. The molecular weight excluding hydrogens is 413 g/mol. The van der Waals surface area contributed by atoms with E-state index in [2.05, 4.69) is 30.6 Å². The van der Waals surface area contributed by atoms with Gasteiger partial charge in [0.25, 0.3) is 0 Å². The van der Waals surface area contributed by atoms with Gasteiger partial charge in [-0.15, -0.1) is 11.3 Å². The van der Waals surface area contributed by atoms with E-state index in [9.17, 15) is 22.8 Å².